The minimum Gasteiger partial charge on any atom is -0.444 e. The second-order valence-electron chi connectivity index (χ2n) is 7.92. The van der Waals surface area contributed by atoms with E-state index in [9.17, 15) is 4.79 Å². The molecule has 1 aliphatic heterocycles. The molecule has 4 unspecified atom stereocenters. The Bertz CT molecular complexity index is 381. The molecule has 0 aromatic heterocycles. The number of nitrogens with zero attached hydrogens (tertiary/aromatic N) is 1. The van der Waals surface area contributed by atoms with Crippen molar-refractivity contribution in [1.82, 2.24) is 10.2 Å². The molecule has 1 saturated carbocycles. The third-order valence-corrected chi connectivity index (χ3v) is 4.49. The van der Waals surface area contributed by atoms with E-state index in [1.54, 1.807) is 0 Å². The summed E-state index contributed by atoms with van der Waals surface area (Å²) in [6, 6.07) is 0.479. The Balaban J connectivity index is 1.81. The lowest BCUT2D eigenvalue weighted by molar-refractivity contribution is -0.0355. The zero-order valence-corrected chi connectivity index (χ0v) is 14.7. The van der Waals surface area contributed by atoms with Gasteiger partial charge in [-0.1, -0.05) is 6.92 Å². The molecule has 2 aliphatic rings. The normalized spacial score (nSPS) is 30.0. The molecule has 0 aromatic carbocycles. The number of morpholine rings is 1. The van der Waals surface area contributed by atoms with Crippen molar-refractivity contribution in [2.24, 2.45) is 11.8 Å². The number of hydrogen-bond donors (Lipinski definition) is 1. The molecule has 128 valence electrons. The third-order valence-electron chi connectivity index (χ3n) is 4.49. The first-order valence-electron chi connectivity index (χ1n) is 8.57. The van der Waals surface area contributed by atoms with E-state index < -0.39 is 5.60 Å². The molecule has 1 N–H and O–H groups in total. The molecule has 0 aromatic rings. The fraction of sp³-hybridized carbons (Fsp3) is 0.941. The molecule has 1 aliphatic carbocycles. The first-order chi connectivity index (χ1) is 10.3. The van der Waals surface area contributed by atoms with Gasteiger partial charge in [0.05, 0.1) is 19.3 Å². The van der Waals surface area contributed by atoms with Crippen molar-refractivity contribution in [3.8, 4) is 0 Å². The lowest BCUT2D eigenvalue weighted by Gasteiger charge is -2.37. The van der Waals surface area contributed by atoms with Crippen molar-refractivity contribution in [1.29, 1.82) is 0 Å². The van der Waals surface area contributed by atoms with E-state index >= 15 is 0 Å². The SMILES string of the molecule is CC(CC1COCCN1C(=O)OC(C)(C)C)NCC1CC1C. The van der Waals surface area contributed by atoms with Crippen LogP contribution in [0.15, 0.2) is 0 Å². The van der Waals surface area contributed by atoms with Gasteiger partial charge in [0.15, 0.2) is 0 Å². The minimum atomic E-state index is -0.452. The fourth-order valence-electron chi connectivity index (χ4n) is 2.94. The maximum absolute atomic E-state index is 12.4. The molecule has 5 heteroatoms. The van der Waals surface area contributed by atoms with Crippen molar-refractivity contribution in [3.63, 3.8) is 0 Å². The molecular weight excluding hydrogens is 280 g/mol. The standard InChI is InChI=1S/C17H32N2O3/c1-12-8-14(12)10-18-13(2)9-15-11-21-7-6-19(15)16(20)22-17(3,4)5/h12-15,18H,6-11H2,1-5H3. The summed E-state index contributed by atoms with van der Waals surface area (Å²) in [6.45, 7) is 13.1. The van der Waals surface area contributed by atoms with Crippen molar-refractivity contribution in [3.05, 3.63) is 0 Å². The maximum Gasteiger partial charge on any atom is 0.410 e. The second-order valence-corrected chi connectivity index (χ2v) is 7.92. The Morgan fingerprint density at radius 3 is 2.73 bits per heavy atom. The molecule has 22 heavy (non-hydrogen) atoms. The van der Waals surface area contributed by atoms with E-state index in [0.29, 0.717) is 25.8 Å². The molecular formula is C17H32N2O3. The summed E-state index contributed by atoms with van der Waals surface area (Å²) in [5.74, 6) is 1.71. The summed E-state index contributed by atoms with van der Waals surface area (Å²) in [7, 11) is 0. The van der Waals surface area contributed by atoms with Gasteiger partial charge in [0.2, 0.25) is 0 Å². The highest BCUT2D eigenvalue weighted by Crippen LogP contribution is 2.36. The van der Waals surface area contributed by atoms with Crippen LogP contribution in [0.3, 0.4) is 0 Å². The number of hydrogen-bond acceptors (Lipinski definition) is 4. The molecule has 0 bridgehead atoms. The highest BCUT2D eigenvalue weighted by molar-refractivity contribution is 5.68. The quantitative estimate of drug-likeness (QED) is 0.848. The lowest BCUT2D eigenvalue weighted by atomic mass is 10.1. The van der Waals surface area contributed by atoms with E-state index in [0.717, 1.165) is 24.8 Å². The van der Waals surface area contributed by atoms with Crippen molar-refractivity contribution in [2.75, 3.05) is 26.3 Å². The maximum atomic E-state index is 12.4. The topological polar surface area (TPSA) is 50.8 Å². The molecule has 1 heterocycles. The van der Waals surface area contributed by atoms with Crippen LogP contribution >= 0.6 is 0 Å². The number of carbonyl (C=O) groups excluding carboxylic acids is 1. The summed E-state index contributed by atoms with van der Waals surface area (Å²) in [5.41, 5.74) is -0.452. The zero-order chi connectivity index (χ0) is 16.3. The van der Waals surface area contributed by atoms with Crippen LogP contribution < -0.4 is 5.32 Å². The van der Waals surface area contributed by atoms with Gasteiger partial charge in [-0.3, -0.25) is 0 Å². The van der Waals surface area contributed by atoms with Gasteiger partial charge in [0.1, 0.15) is 5.60 Å². The molecule has 0 radical (unpaired) electrons. The van der Waals surface area contributed by atoms with Crippen LogP contribution in [0.1, 0.15) is 47.5 Å². The highest BCUT2D eigenvalue weighted by atomic mass is 16.6. The molecule has 5 nitrogen and oxygen atoms in total. The Hall–Kier alpha value is -0.810. The zero-order valence-electron chi connectivity index (χ0n) is 14.7. The monoisotopic (exact) mass is 312 g/mol. The highest BCUT2D eigenvalue weighted by Gasteiger charge is 2.34. The summed E-state index contributed by atoms with van der Waals surface area (Å²) in [6.07, 6.45) is 2.03. The third kappa shape index (κ3) is 5.43. The Morgan fingerprint density at radius 2 is 2.14 bits per heavy atom. The fourth-order valence-corrected chi connectivity index (χ4v) is 2.94. The minimum absolute atomic E-state index is 0.0997. The molecule has 2 rings (SSSR count). The van der Waals surface area contributed by atoms with Gasteiger partial charge in [0, 0.05) is 12.6 Å². The van der Waals surface area contributed by atoms with Gasteiger partial charge in [-0.15, -0.1) is 0 Å². The van der Waals surface area contributed by atoms with Crippen molar-refractivity contribution < 1.29 is 14.3 Å². The second kappa shape index (κ2) is 7.18. The van der Waals surface area contributed by atoms with Crippen molar-refractivity contribution >= 4 is 6.09 Å². The molecule has 4 atom stereocenters. The number of rotatable bonds is 5. The number of ether oxygens (including phenoxy) is 2. The Morgan fingerprint density at radius 1 is 1.45 bits per heavy atom. The van der Waals surface area contributed by atoms with Gasteiger partial charge in [0.25, 0.3) is 0 Å². The van der Waals surface area contributed by atoms with Gasteiger partial charge in [-0.2, -0.15) is 0 Å². The predicted octanol–water partition coefficient (Wildman–Crippen LogP) is 2.65. The summed E-state index contributed by atoms with van der Waals surface area (Å²) >= 11 is 0. The van der Waals surface area contributed by atoms with E-state index in [-0.39, 0.29) is 12.1 Å². The molecule has 1 saturated heterocycles. The first kappa shape index (κ1) is 17.5. The van der Waals surface area contributed by atoms with E-state index in [1.807, 2.05) is 25.7 Å². The van der Waals surface area contributed by atoms with E-state index in [1.165, 1.54) is 6.42 Å². The largest absolute Gasteiger partial charge is 0.444 e. The summed E-state index contributed by atoms with van der Waals surface area (Å²) < 4.78 is 11.1. The summed E-state index contributed by atoms with van der Waals surface area (Å²) in [4.78, 5) is 14.2. The van der Waals surface area contributed by atoms with Crippen LogP contribution in [-0.4, -0.2) is 55.0 Å². The Kier molecular flexibility index (Phi) is 5.72. The summed E-state index contributed by atoms with van der Waals surface area (Å²) in [5, 5.41) is 3.60. The van der Waals surface area contributed by atoms with Gasteiger partial charge < -0.3 is 19.7 Å². The van der Waals surface area contributed by atoms with E-state index in [2.05, 4.69) is 19.2 Å². The predicted molar refractivity (Wildman–Crippen MR) is 86.9 cm³/mol. The first-order valence-corrected chi connectivity index (χ1v) is 8.57. The van der Waals surface area contributed by atoms with Crippen LogP contribution in [0, 0.1) is 11.8 Å². The Labute approximate surface area is 134 Å². The average Bonchev–Trinajstić information content (AvgIpc) is 3.11. The van der Waals surface area contributed by atoms with Gasteiger partial charge in [-0.05, 0) is 58.9 Å². The van der Waals surface area contributed by atoms with Gasteiger partial charge >= 0.3 is 6.09 Å². The number of carbonyl (C=O) groups is 1. The average molecular weight is 312 g/mol. The molecule has 0 spiro atoms. The molecule has 1 amide bonds. The smallest absolute Gasteiger partial charge is 0.410 e. The van der Waals surface area contributed by atoms with Crippen molar-refractivity contribution in [2.45, 2.75) is 65.1 Å². The molecule has 2 fully saturated rings. The van der Waals surface area contributed by atoms with Crippen LogP contribution in [0.4, 0.5) is 4.79 Å². The van der Waals surface area contributed by atoms with Crippen LogP contribution in [-0.2, 0) is 9.47 Å². The van der Waals surface area contributed by atoms with Crippen LogP contribution in [0.2, 0.25) is 0 Å². The van der Waals surface area contributed by atoms with E-state index in [4.69, 9.17) is 9.47 Å². The lowest BCUT2D eigenvalue weighted by Crippen LogP contribution is -2.52. The van der Waals surface area contributed by atoms with Crippen LogP contribution in [0.25, 0.3) is 0 Å². The number of nitrogens with one attached hydrogen (secondary N) is 1. The van der Waals surface area contributed by atoms with Gasteiger partial charge in [-0.25, -0.2) is 4.79 Å². The number of amides is 1. The van der Waals surface area contributed by atoms with Crippen LogP contribution in [0.5, 0.6) is 0 Å².